The molecule has 0 radical (unpaired) electrons. The molecular formula is C14H21NO2. The van der Waals surface area contributed by atoms with E-state index in [2.05, 4.69) is 38.6 Å². The van der Waals surface area contributed by atoms with Crippen LogP contribution in [0, 0.1) is 0 Å². The van der Waals surface area contributed by atoms with Crippen LogP contribution in [0.25, 0.3) is 0 Å². The Hall–Kier alpha value is -1.35. The number of rotatable bonds is 4. The summed E-state index contributed by atoms with van der Waals surface area (Å²) in [4.78, 5) is 10.4. The molecule has 0 aliphatic heterocycles. The second kappa shape index (κ2) is 5.32. The Labute approximate surface area is 103 Å². The van der Waals surface area contributed by atoms with Crippen LogP contribution in [0.5, 0.6) is 0 Å². The van der Waals surface area contributed by atoms with Crippen molar-refractivity contribution in [3.05, 3.63) is 35.4 Å². The summed E-state index contributed by atoms with van der Waals surface area (Å²) in [6, 6.07) is 8.17. The minimum atomic E-state index is -1.03. The van der Waals surface area contributed by atoms with Crippen LogP contribution in [0.4, 0.5) is 0 Å². The molecule has 0 aliphatic carbocycles. The lowest BCUT2D eigenvalue weighted by atomic mass is 9.86. The van der Waals surface area contributed by atoms with Crippen molar-refractivity contribution in [2.24, 2.45) is 0 Å². The molecule has 0 aromatic heterocycles. The molecule has 3 heteroatoms. The van der Waals surface area contributed by atoms with Crippen molar-refractivity contribution >= 4 is 5.97 Å². The summed E-state index contributed by atoms with van der Waals surface area (Å²) in [5.41, 5.74) is 6.37. The third-order valence-corrected chi connectivity index (χ3v) is 2.80. The van der Waals surface area contributed by atoms with Crippen LogP contribution >= 0.6 is 0 Å². The average molecular weight is 235 g/mol. The number of quaternary nitrogens is 1. The molecule has 1 atom stereocenters. The van der Waals surface area contributed by atoms with Crippen LogP contribution in [0.3, 0.4) is 0 Å². The van der Waals surface area contributed by atoms with Gasteiger partial charge in [-0.2, -0.15) is 0 Å². The van der Waals surface area contributed by atoms with E-state index < -0.39 is 5.97 Å². The van der Waals surface area contributed by atoms with E-state index in [1.165, 1.54) is 5.56 Å². The maximum absolute atomic E-state index is 10.4. The van der Waals surface area contributed by atoms with E-state index in [1.54, 1.807) is 0 Å². The molecular weight excluding hydrogens is 214 g/mol. The minimum Gasteiger partial charge on any atom is -0.550 e. The molecule has 0 aliphatic rings. The van der Waals surface area contributed by atoms with Gasteiger partial charge >= 0.3 is 0 Å². The third kappa shape index (κ3) is 4.57. The number of aliphatic carboxylic acids is 1. The normalized spacial score (nSPS) is 13.4. The first-order chi connectivity index (χ1) is 7.79. The third-order valence-electron chi connectivity index (χ3n) is 2.80. The van der Waals surface area contributed by atoms with Gasteiger partial charge in [0, 0.05) is 18.8 Å². The van der Waals surface area contributed by atoms with Crippen LogP contribution in [0.2, 0.25) is 0 Å². The van der Waals surface area contributed by atoms with Gasteiger partial charge in [-0.25, -0.2) is 0 Å². The number of carbonyl (C=O) groups excluding carboxylic acids is 1. The fraction of sp³-hybridized carbons (Fsp3) is 0.500. The van der Waals surface area contributed by atoms with E-state index in [9.17, 15) is 9.90 Å². The SMILES string of the molecule is CC(C)(C)c1ccc(C[C@@H]([NH3+])CC(=O)[O-])cc1. The Bertz CT molecular complexity index is 376. The summed E-state index contributed by atoms with van der Waals surface area (Å²) in [6.45, 7) is 6.51. The molecule has 94 valence electrons. The minimum absolute atomic E-state index is 0.0149. The van der Waals surface area contributed by atoms with Crippen LogP contribution in [-0.4, -0.2) is 12.0 Å². The van der Waals surface area contributed by atoms with Gasteiger partial charge in [0.15, 0.2) is 0 Å². The van der Waals surface area contributed by atoms with Gasteiger partial charge < -0.3 is 15.6 Å². The number of hydrogen-bond acceptors (Lipinski definition) is 2. The molecule has 0 saturated heterocycles. The van der Waals surface area contributed by atoms with Crippen LogP contribution in [-0.2, 0) is 16.6 Å². The molecule has 0 bridgehead atoms. The first-order valence-electron chi connectivity index (χ1n) is 5.91. The van der Waals surface area contributed by atoms with Gasteiger partial charge in [0.1, 0.15) is 0 Å². The Kier molecular flexibility index (Phi) is 4.29. The lowest BCUT2D eigenvalue weighted by Crippen LogP contribution is -2.63. The smallest absolute Gasteiger partial charge is 0.0937 e. The van der Waals surface area contributed by atoms with E-state index in [0.717, 1.165) is 5.56 Å². The molecule has 1 aromatic carbocycles. The lowest BCUT2D eigenvalue weighted by molar-refractivity contribution is -0.423. The van der Waals surface area contributed by atoms with Crippen molar-refractivity contribution in [2.75, 3.05) is 0 Å². The Morgan fingerprint density at radius 1 is 1.29 bits per heavy atom. The molecule has 3 N–H and O–H groups in total. The van der Waals surface area contributed by atoms with Crippen LogP contribution in [0.15, 0.2) is 24.3 Å². The highest BCUT2D eigenvalue weighted by molar-refractivity contribution is 5.64. The predicted molar refractivity (Wildman–Crippen MR) is 65.1 cm³/mol. The molecule has 1 rings (SSSR count). The molecule has 0 saturated carbocycles. The Morgan fingerprint density at radius 3 is 2.24 bits per heavy atom. The monoisotopic (exact) mass is 235 g/mol. The Morgan fingerprint density at radius 2 is 1.82 bits per heavy atom. The average Bonchev–Trinajstić information content (AvgIpc) is 2.15. The maximum atomic E-state index is 10.4. The number of carboxylic acids is 1. The number of benzene rings is 1. The topological polar surface area (TPSA) is 67.8 Å². The highest BCUT2D eigenvalue weighted by Crippen LogP contribution is 2.22. The fourth-order valence-electron chi connectivity index (χ4n) is 1.78. The standard InChI is InChI=1S/C14H21NO2/c1-14(2,3)11-6-4-10(5-7-11)8-12(15)9-13(16)17/h4-7,12H,8-9,15H2,1-3H3,(H,16,17)/t12-/m1/s1. The van der Waals surface area contributed by atoms with E-state index in [4.69, 9.17) is 0 Å². The van der Waals surface area contributed by atoms with Crippen molar-refractivity contribution in [3.8, 4) is 0 Å². The van der Waals surface area contributed by atoms with Gasteiger partial charge in [-0.3, -0.25) is 0 Å². The molecule has 0 heterocycles. The van der Waals surface area contributed by atoms with Gasteiger partial charge in [-0.1, -0.05) is 45.0 Å². The second-order valence-electron chi connectivity index (χ2n) is 5.59. The Balaban J connectivity index is 2.66. The first kappa shape index (κ1) is 13.7. The predicted octanol–water partition coefficient (Wildman–Crippen LogP) is 0.277. The van der Waals surface area contributed by atoms with E-state index >= 15 is 0 Å². The van der Waals surface area contributed by atoms with E-state index in [1.807, 2.05) is 12.1 Å². The van der Waals surface area contributed by atoms with Crippen molar-refractivity contribution in [2.45, 2.75) is 45.1 Å². The quantitative estimate of drug-likeness (QED) is 0.814. The van der Waals surface area contributed by atoms with Crippen molar-refractivity contribution in [1.29, 1.82) is 0 Å². The summed E-state index contributed by atoms with van der Waals surface area (Å²) < 4.78 is 0. The zero-order valence-corrected chi connectivity index (χ0v) is 10.8. The van der Waals surface area contributed by atoms with Crippen molar-refractivity contribution < 1.29 is 15.6 Å². The van der Waals surface area contributed by atoms with Crippen molar-refractivity contribution in [1.82, 2.24) is 0 Å². The van der Waals surface area contributed by atoms with Crippen LogP contribution < -0.4 is 10.8 Å². The molecule has 3 nitrogen and oxygen atoms in total. The molecule has 0 fully saturated rings. The summed E-state index contributed by atoms with van der Waals surface area (Å²) in [7, 11) is 0. The van der Waals surface area contributed by atoms with Crippen LogP contribution in [0.1, 0.15) is 38.3 Å². The van der Waals surface area contributed by atoms with Gasteiger partial charge in [0.2, 0.25) is 0 Å². The zero-order chi connectivity index (χ0) is 13.1. The van der Waals surface area contributed by atoms with Gasteiger partial charge in [0.05, 0.1) is 6.04 Å². The molecule has 0 spiro atoms. The highest BCUT2D eigenvalue weighted by Gasteiger charge is 2.13. The van der Waals surface area contributed by atoms with Gasteiger partial charge in [-0.15, -0.1) is 0 Å². The summed E-state index contributed by atoms with van der Waals surface area (Å²) in [5.74, 6) is -1.03. The van der Waals surface area contributed by atoms with E-state index in [0.29, 0.717) is 6.42 Å². The second-order valence-corrected chi connectivity index (χ2v) is 5.59. The van der Waals surface area contributed by atoms with E-state index in [-0.39, 0.29) is 17.9 Å². The lowest BCUT2D eigenvalue weighted by Gasteiger charge is -2.19. The first-order valence-corrected chi connectivity index (χ1v) is 5.91. The largest absolute Gasteiger partial charge is 0.550 e. The van der Waals surface area contributed by atoms with Gasteiger partial charge in [0.25, 0.3) is 0 Å². The zero-order valence-electron chi connectivity index (χ0n) is 10.8. The molecule has 17 heavy (non-hydrogen) atoms. The number of carboxylic acid groups (broad SMARTS) is 1. The fourth-order valence-corrected chi connectivity index (χ4v) is 1.78. The summed E-state index contributed by atoms with van der Waals surface area (Å²) in [5, 5.41) is 10.4. The molecule has 0 unspecified atom stereocenters. The highest BCUT2D eigenvalue weighted by atomic mass is 16.4. The summed E-state index contributed by atoms with van der Waals surface area (Å²) >= 11 is 0. The van der Waals surface area contributed by atoms with Crippen molar-refractivity contribution in [3.63, 3.8) is 0 Å². The van der Waals surface area contributed by atoms with Gasteiger partial charge in [-0.05, 0) is 16.5 Å². The summed E-state index contributed by atoms with van der Waals surface area (Å²) in [6.07, 6.45) is 0.694. The number of hydrogen-bond donors (Lipinski definition) is 1. The number of carbonyl (C=O) groups is 1. The molecule has 0 amide bonds. The maximum Gasteiger partial charge on any atom is 0.0937 e. The molecule has 1 aromatic rings.